The maximum atomic E-state index is 5.98. The molecule has 0 spiro atoms. The highest BCUT2D eigenvalue weighted by atomic mass is 15.1. The van der Waals surface area contributed by atoms with Gasteiger partial charge in [-0.15, -0.1) is 0 Å². The van der Waals surface area contributed by atoms with E-state index in [1.54, 1.807) is 0 Å². The van der Waals surface area contributed by atoms with E-state index < -0.39 is 0 Å². The molecule has 1 heterocycles. The van der Waals surface area contributed by atoms with Gasteiger partial charge in [0.2, 0.25) is 0 Å². The largest absolute Gasteiger partial charge is 0.374 e. The second-order valence-electron chi connectivity index (χ2n) is 5.78. The van der Waals surface area contributed by atoms with Gasteiger partial charge in [0.05, 0.1) is 0 Å². The molecule has 2 heteroatoms. The molecule has 1 aromatic carbocycles. The lowest BCUT2D eigenvalue weighted by molar-refractivity contribution is 0.631. The summed E-state index contributed by atoms with van der Waals surface area (Å²) in [6, 6.07) is 7.39. The summed E-state index contributed by atoms with van der Waals surface area (Å²) in [7, 11) is 2.19. The van der Waals surface area contributed by atoms with Gasteiger partial charge in [0.25, 0.3) is 0 Å². The predicted octanol–water partition coefficient (Wildman–Crippen LogP) is 2.52. The van der Waals surface area contributed by atoms with Crippen molar-refractivity contribution in [1.29, 1.82) is 0 Å². The first kappa shape index (κ1) is 11.1. The van der Waals surface area contributed by atoms with Crippen molar-refractivity contribution in [1.82, 2.24) is 0 Å². The van der Waals surface area contributed by atoms with Crippen molar-refractivity contribution >= 4 is 5.69 Å². The summed E-state index contributed by atoms with van der Waals surface area (Å²) in [6.45, 7) is 3.33. The van der Waals surface area contributed by atoms with Crippen LogP contribution in [-0.4, -0.2) is 19.6 Å². The van der Waals surface area contributed by atoms with Gasteiger partial charge in [0, 0.05) is 25.3 Å². The number of hydrogen-bond acceptors (Lipinski definition) is 2. The smallest absolute Gasteiger partial charge is 0.0396 e. The molecule has 0 saturated heterocycles. The van der Waals surface area contributed by atoms with E-state index in [9.17, 15) is 0 Å². The summed E-state index contributed by atoms with van der Waals surface area (Å²) in [5.41, 5.74) is 10.5. The Morgan fingerprint density at radius 1 is 1.41 bits per heavy atom. The van der Waals surface area contributed by atoms with Gasteiger partial charge in [0.15, 0.2) is 0 Å². The van der Waals surface area contributed by atoms with Gasteiger partial charge in [0.1, 0.15) is 0 Å². The molecule has 0 aromatic heterocycles. The highest BCUT2D eigenvalue weighted by Gasteiger charge is 2.40. The summed E-state index contributed by atoms with van der Waals surface area (Å²) >= 11 is 0. The Hall–Kier alpha value is -1.02. The van der Waals surface area contributed by atoms with Crippen molar-refractivity contribution in [2.45, 2.75) is 38.1 Å². The van der Waals surface area contributed by atoms with Crippen LogP contribution >= 0.6 is 0 Å². The van der Waals surface area contributed by atoms with Crippen molar-refractivity contribution in [3.8, 4) is 0 Å². The first-order chi connectivity index (χ1) is 8.16. The molecule has 1 aliphatic carbocycles. The quantitative estimate of drug-likeness (QED) is 0.846. The molecule has 0 amide bonds. The lowest BCUT2D eigenvalue weighted by Crippen LogP contribution is -2.24. The van der Waals surface area contributed by atoms with Crippen molar-refractivity contribution in [2.24, 2.45) is 11.7 Å². The van der Waals surface area contributed by atoms with Crippen LogP contribution in [0.2, 0.25) is 0 Å². The van der Waals surface area contributed by atoms with Crippen LogP contribution in [0.15, 0.2) is 18.2 Å². The van der Waals surface area contributed by atoms with E-state index >= 15 is 0 Å². The minimum atomic E-state index is 0.346. The molecule has 2 N–H and O–H groups in total. The Labute approximate surface area is 104 Å². The number of hydrogen-bond donors (Lipinski definition) is 1. The molecule has 3 unspecified atom stereocenters. The average Bonchev–Trinajstić information content (AvgIpc) is 3.09. The van der Waals surface area contributed by atoms with E-state index in [2.05, 4.69) is 37.1 Å². The Balaban J connectivity index is 1.84. The van der Waals surface area contributed by atoms with E-state index in [1.165, 1.54) is 42.6 Å². The zero-order chi connectivity index (χ0) is 12.0. The number of fused-ring (bicyclic) bond motifs is 1. The fourth-order valence-corrected chi connectivity index (χ4v) is 3.21. The van der Waals surface area contributed by atoms with Gasteiger partial charge in [-0.2, -0.15) is 0 Å². The van der Waals surface area contributed by atoms with Crippen LogP contribution < -0.4 is 10.6 Å². The van der Waals surface area contributed by atoms with Crippen molar-refractivity contribution in [3.63, 3.8) is 0 Å². The number of nitrogens with zero attached hydrogens (tertiary/aromatic N) is 1. The molecule has 1 fully saturated rings. The normalized spacial score (nSPS) is 28.8. The molecule has 1 saturated carbocycles. The number of anilines is 1. The van der Waals surface area contributed by atoms with E-state index in [0.717, 1.165) is 11.8 Å². The zero-order valence-electron chi connectivity index (χ0n) is 10.8. The predicted molar refractivity (Wildman–Crippen MR) is 72.5 cm³/mol. The van der Waals surface area contributed by atoms with Gasteiger partial charge < -0.3 is 10.6 Å². The lowest BCUT2D eigenvalue weighted by atomic mass is 9.97. The minimum absolute atomic E-state index is 0.346. The number of benzene rings is 1. The average molecular weight is 230 g/mol. The molecule has 3 atom stereocenters. The highest BCUT2D eigenvalue weighted by Crippen LogP contribution is 2.49. The lowest BCUT2D eigenvalue weighted by Gasteiger charge is -2.28. The third kappa shape index (κ3) is 1.95. The van der Waals surface area contributed by atoms with E-state index in [-0.39, 0.29) is 0 Å². The first-order valence-corrected chi connectivity index (χ1v) is 6.76. The maximum Gasteiger partial charge on any atom is 0.0396 e. The van der Waals surface area contributed by atoms with E-state index in [1.807, 2.05) is 0 Å². The monoisotopic (exact) mass is 230 g/mol. The second kappa shape index (κ2) is 4.02. The number of nitrogens with two attached hydrogens (primary N) is 1. The van der Waals surface area contributed by atoms with Gasteiger partial charge in [-0.25, -0.2) is 0 Å². The highest BCUT2D eigenvalue weighted by molar-refractivity contribution is 5.57. The molecule has 2 nitrogen and oxygen atoms in total. The standard InChI is InChI=1S/C15H22N2/c1-10(16)13-9-14(13)11-5-6-15-12(8-11)4-3-7-17(15)2/h5-6,8,10,13-14H,3-4,7,9,16H2,1-2H3. The SMILES string of the molecule is CC(N)C1CC1c1ccc2c(c1)CCCN2C. The molecule has 1 aliphatic heterocycles. The third-order valence-electron chi connectivity index (χ3n) is 4.40. The molecule has 17 heavy (non-hydrogen) atoms. The maximum absolute atomic E-state index is 5.98. The molecule has 2 aliphatic rings. The van der Waals surface area contributed by atoms with Gasteiger partial charge in [-0.3, -0.25) is 0 Å². The summed E-state index contributed by atoms with van der Waals surface area (Å²) in [5, 5.41) is 0. The summed E-state index contributed by atoms with van der Waals surface area (Å²) in [5.74, 6) is 1.45. The third-order valence-corrected chi connectivity index (χ3v) is 4.40. The molecule has 1 aromatic rings. The molecular formula is C15H22N2. The summed E-state index contributed by atoms with van der Waals surface area (Å²) < 4.78 is 0. The van der Waals surface area contributed by atoms with Gasteiger partial charge >= 0.3 is 0 Å². The topological polar surface area (TPSA) is 29.3 Å². The van der Waals surface area contributed by atoms with Gasteiger partial charge in [-0.05, 0) is 55.2 Å². The van der Waals surface area contributed by atoms with Gasteiger partial charge in [-0.1, -0.05) is 12.1 Å². The Morgan fingerprint density at radius 2 is 2.24 bits per heavy atom. The fraction of sp³-hybridized carbons (Fsp3) is 0.600. The summed E-state index contributed by atoms with van der Waals surface area (Å²) in [6.07, 6.45) is 3.81. The van der Waals surface area contributed by atoms with E-state index in [0.29, 0.717) is 6.04 Å². The first-order valence-electron chi connectivity index (χ1n) is 6.76. The Kier molecular flexibility index (Phi) is 2.62. The van der Waals surface area contributed by atoms with Crippen LogP contribution in [0.25, 0.3) is 0 Å². The Bertz CT molecular complexity index is 425. The molecule has 92 valence electrons. The Morgan fingerprint density at radius 3 is 2.94 bits per heavy atom. The molecule has 0 bridgehead atoms. The van der Waals surface area contributed by atoms with Crippen molar-refractivity contribution in [3.05, 3.63) is 29.3 Å². The van der Waals surface area contributed by atoms with Crippen molar-refractivity contribution in [2.75, 3.05) is 18.5 Å². The molecule has 0 radical (unpaired) electrons. The van der Waals surface area contributed by atoms with Crippen LogP contribution in [0.3, 0.4) is 0 Å². The van der Waals surface area contributed by atoms with Crippen LogP contribution in [0.1, 0.15) is 36.8 Å². The van der Waals surface area contributed by atoms with Crippen LogP contribution in [-0.2, 0) is 6.42 Å². The van der Waals surface area contributed by atoms with Crippen LogP contribution in [0.4, 0.5) is 5.69 Å². The fourth-order valence-electron chi connectivity index (χ4n) is 3.21. The minimum Gasteiger partial charge on any atom is -0.374 e. The van der Waals surface area contributed by atoms with Crippen LogP contribution in [0.5, 0.6) is 0 Å². The zero-order valence-corrected chi connectivity index (χ0v) is 10.8. The number of aryl methyl sites for hydroxylation is 1. The summed E-state index contributed by atoms with van der Waals surface area (Å²) in [4.78, 5) is 2.37. The molecule has 3 rings (SSSR count). The van der Waals surface area contributed by atoms with Crippen molar-refractivity contribution < 1.29 is 0 Å². The number of rotatable bonds is 2. The van der Waals surface area contributed by atoms with E-state index in [4.69, 9.17) is 5.73 Å². The second-order valence-corrected chi connectivity index (χ2v) is 5.78. The van der Waals surface area contributed by atoms with Crippen LogP contribution in [0, 0.1) is 5.92 Å². The molecular weight excluding hydrogens is 208 g/mol.